The predicted octanol–water partition coefficient (Wildman–Crippen LogP) is 4.91. The highest BCUT2D eigenvalue weighted by molar-refractivity contribution is 9.10. The van der Waals surface area contributed by atoms with Crippen LogP contribution < -0.4 is 35.4 Å². The largest absolute Gasteiger partial charge is 0.483 e. The highest BCUT2D eigenvalue weighted by atomic mass is 79.9. The van der Waals surface area contributed by atoms with Crippen LogP contribution in [0.4, 0.5) is 16.2 Å². The number of hydrazone groups is 2. The van der Waals surface area contributed by atoms with E-state index in [1.165, 1.54) is 5.56 Å². The van der Waals surface area contributed by atoms with Crippen molar-refractivity contribution in [2.75, 3.05) is 49.2 Å². The van der Waals surface area contributed by atoms with E-state index >= 15 is 0 Å². The van der Waals surface area contributed by atoms with E-state index in [1.54, 1.807) is 4.90 Å². The number of amidine groups is 2. The molecule has 0 aliphatic carbocycles. The lowest BCUT2D eigenvalue weighted by atomic mass is 9.77. The smallest absolute Gasteiger partial charge is 0.410 e. The molecule has 3 amide bonds. The van der Waals surface area contributed by atoms with Crippen LogP contribution in [0.2, 0.25) is 0 Å². The molecule has 0 aromatic heterocycles. The number of ether oxygens (including phenoxy) is 3. The lowest BCUT2D eigenvalue weighted by molar-refractivity contribution is -0.123. The number of nitrogens with one attached hydrogen (secondary N) is 3. The van der Waals surface area contributed by atoms with Gasteiger partial charge in [-0.15, -0.1) is 0 Å². The normalized spacial score (nSPS) is 23.2. The molecule has 3 N–H and O–H groups in total. The van der Waals surface area contributed by atoms with Crippen LogP contribution in [-0.2, 0) is 27.2 Å². The van der Waals surface area contributed by atoms with Crippen molar-refractivity contribution < 1.29 is 28.6 Å². The van der Waals surface area contributed by atoms with Gasteiger partial charge in [0.1, 0.15) is 42.4 Å². The molecular formula is C37H46Br2N8O6. The summed E-state index contributed by atoms with van der Waals surface area (Å²) < 4.78 is 19.1. The van der Waals surface area contributed by atoms with Crippen LogP contribution in [0.25, 0.3) is 0 Å². The van der Waals surface area contributed by atoms with Gasteiger partial charge in [0.25, 0.3) is 11.8 Å². The quantitative estimate of drug-likeness (QED) is 0.390. The summed E-state index contributed by atoms with van der Waals surface area (Å²) in [5.41, 5.74) is 8.93. The first-order valence-corrected chi connectivity index (χ1v) is 19.4. The van der Waals surface area contributed by atoms with Gasteiger partial charge in [-0.2, -0.15) is 10.2 Å². The number of hydrogen-bond acceptors (Lipinski definition) is 11. The third-order valence-electron chi connectivity index (χ3n) is 10.3. The molecule has 53 heavy (non-hydrogen) atoms. The second-order valence-corrected chi connectivity index (χ2v) is 18.1. The minimum absolute atomic E-state index is 0.0506. The molecular weight excluding hydrogens is 812 g/mol. The van der Waals surface area contributed by atoms with Crippen molar-refractivity contribution >= 4 is 72.8 Å². The van der Waals surface area contributed by atoms with Crippen molar-refractivity contribution in [1.29, 1.82) is 0 Å². The minimum Gasteiger partial charge on any atom is -0.483 e. The Morgan fingerprint density at radius 1 is 0.830 bits per heavy atom. The summed E-state index contributed by atoms with van der Waals surface area (Å²) in [5, 5.41) is 11.6. The summed E-state index contributed by atoms with van der Waals surface area (Å²) in [6.45, 7) is 17.8. The number of nitrogens with zero attached hydrogens (tertiary/aromatic N) is 5. The van der Waals surface area contributed by atoms with Gasteiger partial charge in [-0.25, -0.2) is 15.6 Å². The highest BCUT2D eigenvalue weighted by Gasteiger charge is 2.44. The van der Waals surface area contributed by atoms with Crippen LogP contribution in [0.15, 0.2) is 43.4 Å². The summed E-state index contributed by atoms with van der Waals surface area (Å²) in [5.74, 6) is 2.71. The third-order valence-corrected chi connectivity index (χ3v) is 11.8. The van der Waals surface area contributed by atoms with E-state index in [2.05, 4.69) is 84.2 Å². The fraction of sp³-hybridized carbons (Fsp3) is 0.541. The maximum absolute atomic E-state index is 12.3. The molecule has 2 aromatic rings. The average Bonchev–Trinajstić information content (AvgIpc) is 3.06. The van der Waals surface area contributed by atoms with Gasteiger partial charge in [0.05, 0.1) is 11.4 Å². The molecule has 2 atom stereocenters. The lowest BCUT2D eigenvalue weighted by Crippen LogP contribution is -2.58. The van der Waals surface area contributed by atoms with Crippen molar-refractivity contribution in [3.63, 3.8) is 0 Å². The van der Waals surface area contributed by atoms with Crippen LogP contribution in [-0.4, -0.2) is 91.6 Å². The fourth-order valence-corrected chi connectivity index (χ4v) is 8.42. The number of hydrogen-bond donors (Lipinski definition) is 3. The molecule has 16 heteroatoms. The summed E-state index contributed by atoms with van der Waals surface area (Å²) in [6.07, 6.45) is 1.49. The Morgan fingerprint density at radius 2 is 1.28 bits per heavy atom. The molecule has 0 radical (unpaired) electrons. The van der Waals surface area contributed by atoms with Gasteiger partial charge in [-0.3, -0.25) is 9.59 Å². The zero-order valence-electron chi connectivity index (χ0n) is 31.1. The fourth-order valence-electron chi connectivity index (χ4n) is 7.49. The third kappa shape index (κ3) is 7.46. The molecule has 6 aliphatic rings. The van der Waals surface area contributed by atoms with Gasteiger partial charge in [-0.05, 0) is 88.3 Å². The number of anilines is 2. The summed E-state index contributed by atoms with van der Waals surface area (Å²) in [4.78, 5) is 42.0. The number of benzene rings is 2. The number of fused-ring (bicyclic) bond motifs is 6. The minimum atomic E-state index is -0.499. The number of halogens is 2. The maximum atomic E-state index is 12.3. The molecule has 6 heterocycles. The van der Waals surface area contributed by atoms with E-state index in [9.17, 15) is 14.4 Å². The Hall–Kier alpha value is -3.89. The zero-order chi connectivity index (χ0) is 38.0. The SMILES string of the molecule is C[C@@H]1C(=O)NN=C2COc3cc(Br)c(CC4(C)CN(C(=O)OC(C)(C)C)C4)cc3N21.C[C@@H]1C(=O)NN=C2COc3cc(Br)c(CC4(C)CNC4)cc3N21. The molecule has 2 aromatic carbocycles. The second kappa shape index (κ2) is 13.8. The summed E-state index contributed by atoms with van der Waals surface area (Å²) >= 11 is 7.33. The first kappa shape index (κ1) is 37.4. The van der Waals surface area contributed by atoms with Gasteiger partial charge in [0.2, 0.25) is 0 Å². The van der Waals surface area contributed by atoms with Crippen molar-refractivity contribution in [3.05, 3.63) is 44.3 Å². The molecule has 14 nitrogen and oxygen atoms in total. The number of rotatable bonds is 4. The van der Waals surface area contributed by atoms with Crippen LogP contribution in [0.5, 0.6) is 11.5 Å². The monoisotopic (exact) mass is 856 g/mol. The Bertz CT molecular complexity index is 1920. The number of likely N-dealkylation sites (tertiary alicyclic amines) is 1. The standard InChI is InChI=1S/C21H27BrN4O4.C16H19BrN4O2/c1-12-18(27)24-23-17-9-29-16-7-14(22)13(6-15(16)26(12)17)8-21(5)10-25(11-21)19(28)30-20(2,3)4;1-9-15(22)20-19-14-6-23-13-4-11(17)10(3-12(13)21(9)14)5-16(2)7-18-8-16/h6-7,12H,8-11H2,1-5H3,(H,24,27);3-4,9,18H,5-8H2,1-2H3,(H,20,22)/t12-;9-/m11/s1. The first-order chi connectivity index (χ1) is 24.9. The van der Waals surface area contributed by atoms with Gasteiger partial charge in [0.15, 0.2) is 11.7 Å². The molecule has 0 saturated carbocycles. The Labute approximate surface area is 326 Å². The molecule has 2 saturated heterocycles. The van der Waals surface area contributed by atoms with E-state index in [1.807, 2.05) is 56.6 Å². The van der Waals surface area contributed by atoms with E-state index in [4.69, 9.17) is 14.2 Å². The Morgan fingerprint density at radius 3 is 1.70 bits per heavy atom. The number of carbonyl (C=O) groups is 3. The number of amides is 3. The Balaban J connectivity index is 0.000000170. The summed E-state index contributed by atoms with van der Waals surface area (Å²) in [6, 6.07) is 7.50. The van der Waals surface area contributed by atoms with Crippen molar-refractivity contribution in [1.82, 2.24) is 21.1 Å². The van der Waals surface area contributed by atoms with E-state index in [0.717, 1.165) is 69.1 Å². The Kier molecular flexibility index (Phi) is 9.71. The van der Waals surface area contributed by atoms with Crippen LogP contribution in [0, 0.1) is 10.8 Å². The van der Waals surface area contributed by atoms with Crippen LogP contribution in [0.3, 0.4) is 0 Å². The van der Waals surface area contributed by atoms with Crippen molar-refractivity contribution in [3.8, 4) is 11.5 Å². The molecule has 0 bridgehead atoms. The van der Waals surface area contributed by atoms with Crippen molar-refractivity contribution in [2.24, 2.45) is 21.0 Å². The molecule has 8 rings (SSSR count). The van der Waals surface area contributed by atoms with Crippen LogP contribution >= 0.6 is 31.9 Å². The predicted molar refractivity (Wildman–Crippen MR) is 209 cm³/mol. The topological polar surface area (TPSA) is 149 Å². The molecule has 0 unspecified atom stereocenters. The average molecular weight is 859 g/mol. The molecule has 0 spiro atoms. The van der Waals surface area contributed by atoms with Crippen LogP contribution in [0.1, 0.15) is 59.6 Å². The highest BCUT2D eigenvalue weighted by Crippen LogP contribution is 2.44. The molecule has 6 aliphatic heterocycles. The van der Waals surface area contributed by atoms with E-state index < -0.39 is 5.60 Å². The number of carbonyl (C=O) groups excluding carboxylic acids is 3. The van der Waals surface area contributed by atoms with Gasteiger partial charge >= 0.3 is 6.09 Å². The van der Waals surface area contributed by atoms with E-state index in [-0.39, 0.29) is 40.8 Å². The van der Waals surface area contributed by atoms with Gasteiger partial charge < -0.3 is 34.2 Å². The molecule has 2 fully saturated rings. The maximum Gasteiger partial charge on any atom is 0.410 e. The molecule has 284 valence electrons. The van der Waals surface area contributed by atoms with Gasteiger partial charge in [-0.1, -0.05) is 45.7 Å². The van der Waals surface area contributed by atoms with Gasteiger partial charge in [0, 0.05) is 40.5 Å². The zero-order valence-corrected chi connectivity index (χ0v) is 34.2. The van der Waals surface area contributed by atoms with Crippen molar-refractivity contribution in [2.45, 2.75) is 79.0 Å². The van der Waals surface area contributed by atoms with E-state index in [0.29, 0.717) is 32.1 Å². The second-order valence-electron chi connectivity index (χ2n) is 16.4. The lowest BCUT2D eigenvalue weighted by Gasteiger charge is -2.48. The first-order valence-electron chi connectivity index (χ1n) is 17.8. The summed E-state index contributed by atoms with van der Waals surface area (Å²) in [7, 11) is 0.